The Bertz CT molecular complexity index is 648. The van der Waals surface area contributed by atoms with Gasteiger partial charge < -0.3 is 0 Å². The Kier molecular flexibility index (Phi) is 12.6. The molecule has 0 aliphatic rings. The average Bonchev–Trinajstić information content (AvgIpc) is 3.41. The van der Waals surface area contributed by atoms with Crippen molar-refractivity contribution < 1.29 is 0 Å². The first kappa shape index (κ1) is 25.5. The van der Waals surface area contributed by atoms with Crippen molar-refractivity contribution in [2.75, 3.05) is 0 Å². The Morgan fingerprint density at radius 1 is 0.621 bits per heavy atom. The second-order valence-electron chi connectivity index (χ2n) is 8.90. The minimum absolute atomic E-state index is 1.27. The Labute approximate surface area is 193 Å². The van der Waals surface area contributed by atoms with Gasteiger partial charge in [0.2, 0.25) is 0 Å². The summed E-state index contributed by atoms with van der Waals surface area (Å²) in [6, 6.07) is 5.15. The van der Waals surface area contributed by atoms with E-state index in [0.717, 1.165) is 0 Å². The molecule has 0 aliphatic heterocycles. The molecule has 0 bridgehead atoms. The van der Waals surface area contributed by atoms with Gasteiger partial charge in [-0.25, -0.2) is 0 Å². The van der Waals surface area contributed by atoms with Gasteiger partial charge in [-0.1, -0.05) is 0 Å². The van der Waals surface area contributed by atoms with E-state index in [0.29, 0.717) is 0 Å². The van der Waals surface area contributed by atoms with E-state index >= 15 is 0 Å². The molecule has 0 fully saturated rings. The summed E-state index contributed by atoms with van der Waals surface area (Å²) in [6.45, 7) is 9.43. The molecule has 0 spiro atoms. The normalized spacial score (nSPS) is 12.0. The van der Waals surface area contributed by atoms with Crippen LogP contribution < -0.4 is 2.89 Å². The Morgan fingerprint density at radius 2 is 1.17 bits per heavy atom. The molecular weight excluding hydrogens is 495 g/mol. The predicted molar refractivity (Wildman–Crippen MR) is 140 cm³/mol. The minimum atomic E-state index is -2.25. The summed E-state index contributed by atoms with van der Waals surface area (Å²) in [5.41, 5.74) is 3.01. The Hall–Kier alpha value is 0.199. The van der Waals surface area contributed by atoms with E-state index in [1.165, 1.54) is 81.8 Å². The zero-order valence-electron chi connectivity index (χ0n) is 19.5. The number of thiophene rings is 2. The molecule has 2 rings (SSSR count). The number of rotatable bonds is 16. The maximum atomic E-state index is 2.66. The molecule has 0 saturated carbocycles. The van der Waals surface area contributed by atoms with Gasteiger partial charge in [0.25, 0.3) is 0 Å². The van der Waals surface area contributed by atoms with Gasteiger partial charge in [-0.15, -0.1) is 0 Å². The van der Waals surface area contributed by atoms with Gasteiger partial charge in [-0.05, 0) is 0 Å². The van der Waals surface area contributed by atoms with E-state index < -0.39 is 18.4 Å². The van der Waals surface area contributed by atoms with E-state index in [1.807, 2.05) is 14.2 Å². The molecule has 0 N–H and O–H groups in total. The van der Waals surface area contributed by atoms with Crippen LogP contribution in [0.3, 0.4) is 0 Å². The summed E-state index contributed by atoms with van der Waals surface area (Å²) in [5.74, 6) is 0. The second-order valence-corrected chi connectivity index (χ2v) is 25.0. The molecule has 0 saturated heterocycles. The van der Waals surface area contributed by atoms with Crippen molar-refractivity contribution >= 4 is 43.9 Å². The standard InChI is InChI=1S/C14H17S2.3C4H9.Sn/c1-2-3-4-5-6-14-9-13(11-16-14)12-7-8-15-10-12;3*1-3-4-2;/h7,9-11H,2-6H2,1H3;3*1,3-4H2,2H3;. The van der Waals surface area contributed by atoms with E-state index in [2.05, 4.69) is 61.9 Å². The van der Waals surface area contributed by atoms with Crippen LogP contribution >= 0.6 is 22.7 Å². The Balaban J connectivity index is 2.16. The van der Waals surface area contributed by atoms with Crippen LogP contribution in [0.2, 0.25) is 13.3 Å². The fraction of sp³-hybridized carbons (Fsp3) is 0.692. The van der Waals surface area contributed by atoms with Crippen molar-refractivity contribution in [3.8, 4) is 11.1 Å². The molecule has 0 unspecified atom stereocenters. The molecule has 29 heavy (non-hydrogen) atoms. The van der Waals surface area contributed by atoms with Crippen LogP contribution in [0.4, 0.5) is 0 Å². The molecule has 0 aliphatic carbocycles. The monoisotopic (exact) mass is 540 g/mol. The van der Waals surface area contributed by atoms with Gasteiger partial charge in [0.15, 0.2) is 0 Å². The van der Waals surface area contributed by atoms with E-state index in [1.54, 1.807) is 18.2 Å². The van der Waals surface area contributed by atoms with Crippen molar-refractivity contribution in [3.63, 3.8) is 0 Å². The first-order valence-electron chi connectivity index (χ1n) is 12.4. The second kappa shape index (κ2) is 14.3. The fourth-order valence-corrected chi connectivity index (χ4v) is 25.4. The zero-order valence-corrected chi connectivity index (χ0v) is 24.0. The maximum absolute atomic E-state index is 2.66. The quantitative estimate of drug-likeness (QED) is 0.147. The average molecular weight is 539 g/mol. The van der Waals surface area contributed by atoms with E-state index in [9.17, 15) is 0 Å². The SMILES string of the molecule is CCCCCCc1cc(-c2cs[c]([Sn]([CH2]CCC)([CH2]CCC)[CH2]CCC)c2)cs1. The molecule has 0 atom stereocenters. The summed E-state index contributed by atoms with van der Waals surface area (Å²) < 4.78 is 6.62. The van der Waals surface area contributed by atoms with Gasteiger partial charge in [-0.2, -0.15) is 0 Å². The summed E-state index contributed by atoms with van der Waals surface area (Å²) in [7, 11) is 0. The van der Waals surface area contributed by atoms with Crippen LogP contribution in [0.1, 0.15) is 96.8 Å². The predicted octanol–water partition coefficient (Wildman–Crippen LogP) is 9.66. The molecule has 2 heterocycles. The number of unbranched alkanes of at least 4 members (excludes halogenated alkanes) is 6. The fourth-order valence-electron chi connectivity index (χ4n) is 4.44. The Morgan fingerprint density at radius 3 is 1.76 bits per heavy atom. The molecule has 0 amide bonds. The van der Waals surface area contributed by atoms with Crippen LogP contribution in [0, 0.1) is 0 Å². The molecular formula is C26H44S2Sn. The molecule has 0 radical (unpaired) electrons. The van der Waals surface area contributed by atoms with Crippen molar-refractivity contribution in [3.05, 3.63) is 27.8 Å². The third-order valence-corrected chi connectivity index (χ3v) is 26.7. The summed E-state index contributed by atoms with van der Waals surface area (Å²) in [5, 5.41) is 4.91. The van der Waals surface area contributed by atoms with Crippen LogP contribution in [-0.4, -0.2) is 18.4 Å². The topological polar surface area (TPSA) is 0 Å². The van der Waals surface area contributed by atoms with Crippen molar-refractivity contribution in [2.45, 2.75) is 112 Å². The van der Waals surface area contributed by atoms with E-state index in [4.69, 9.17) is 0 Å². The van der Waals surface area contributed by atoms with Gasteiger partial charge in [0.05, 0.1) is 0 Å². The first-order chi connectivity index (χ1) is 14.2. The number of hydrogen-bond acceptors (Lipinski definition) is 2. The number of aryl methyl sites for hydroxylation is 1. The van der Waals surface area contributed by atoms with Crippen molar-refractivity contribution in [2.24, 2.45) is 0 Å². The van der Waals surface area contributed by atoms with Gasteiger partial charge in [-0.3, -0.25) is 0 Å². The molecule has 0 nitrogen and oxygen atoms in total. The van der Waals surface area contributed by atoms with Crippen LogP contribution in [-0.2, 0) is 6.42 Å². The summed E-state index contributed by atoms with van der Waals surface area (Å²) >= 11 is 1.86. The van der Waals surface area contributed by atoms with Gasteiger partial charge >= 0.3 is 194 Å². The molecule has 0 aromatic carbocycles. The van der Waals surface area contributed by atoms with E-state index in [-0.39, 0.29) is 0 Å². The van der Waals surface area contributed by atoms with Crippen LogP contribution in [0.25, 0.3) is 11.1 Å². The molecule has 2 aromatic heterocycles. The summed E-state index contributed by atoms with van der Waals surface area (Å²) in [4.78, 5) is 1.58. The van der Waals surface area contributed by atoms with Crippen LogP contribution in [0.5, 0.6) is 0 Å². The third kappa shape index (κ3) is 8.00. The van der Waals surface area contributed by atoms with Crippen LogP contribution in [0.15, 0.2) is 22.9 Å². The van der Waals surface area contributed by atoms with Crippen molar-refractivity contribution in [1.29, 1.82) is 0 Å². The molecule has 164 valence electrons. The first-order valence-corrected chi connectivity index (χ1v) is 21.6. The third-order valence-electron chi connectivity index (χ3n) is 6.41. The number of hydrogen-bond donors (Lipinski definition) is 0. The van der Waals surface area contributed by atoms with Crippen molar-refractivity contribution in [1.82, 2.24) is 0 Å². The zero-order chi connectivity index (χ0) is 21.0. The molecule has 3 heteroatoms. The summed E-state index contributed by atoms with van der Waals surface area (Å²) in [6.07, 6.45) is 15.2. The van der Waals surface area contributed by atoms with Gasteiger partial charge in [0, 0.05) is 0 Å². The van der Waals surface area contributed by atoms with Gasteiger partial charge in [0.1, 0.15) is 0 Å². The molecule has 2 aromatic rings.